The standard InChI is InChI=1S/C18H29N7O/c1-5-14(6-2)25-12(3)11-15(22-25)17(26)21-18-20-16(23-24(18)4)13-7-9-19-10-8-13/h11,13-14,19H,5-10H2,1-4H3,(H,20,21,23,26). The Bertz CT molecular complexity index is 754. The van der Waals surface area contributed by atoms with Gasteiger partial charge in [0, 0.05) is 18.7 Å². The largest absolute Gasteiger partial charge is 0.317 e. The third kappa shape index (κ3) is 3.80. The van der Waals surface area contributed by atoms with Crippen LogP contribution in [0.2, 0.25) is 0 Å². The van der Waals surface area contributed by atoms with Crippen molar-refractivity contribution in [2.75, 3.05) is 18.4 Å². The first-order valence-electron chi connectivity index (χ1n) is 9.52. The van der Waals surface area contributed by atoms with Crippen molar-refractivity contribution in [1.82, 2.24) is 29.9 Å². The monoisotopic (exact) mass is 359 g/mol. The minimum atomic E-state index is -0.245. The topological polar surface area (TPSA) is 89.7 Å². The maximum Gasteiger partial charge on any atom is 0.278 e. The predicted molar refractivity (Wildman–Crippen MR) is 100 cm³/mol. The van der Waals surface area contributed by atoms with E-state index in [2.05, 4.69) is 39.7 Å². The van der Waals surface area contributed by atoms with Crippen LogP contribution in [-0.2, 0) is 7.05 Å². The fourth-order valence-corrected chi connectivity index (χ4v) is 3.53. The van der Waals surface area contributed by atoms with E-state index in [0.29, 0.717) is 23.6 Å². The van der Waals surface area contributed by atoms with E-state index in [1.165, 1.54) is 0 Å². The molecule has 1 aliphatic rings. The minimum Gasteiger partial charge on any atom is -0.317 e. The smallest absolute Gasteiger partial charge is 0.278 e. The van der Waals surface area contributed by atoms with Crippen LogP contribution in [0.5, 0.6) is 0 Å². The first-order chi connectivity index (χ1) is 12.5. The number of nitrogens with zero attached hydrogens (tertiary/aromatic N) is 5. The highest BCUT2D eigenvalue weighted by atomic mass is 16.2. The lowest BCUT2D eigenvalue weighted by Gasteiger charge is -2.19. The Balaban J connectivity index is 1.74. The molecule has 0 spiro atoms. The second-order valence-corrected chi connectivity index (χ2v) is 6.98. The Morgan fingerprint density at radius 2 is 2.00 bits per heavy atom. The average Bonchev–Trinajstić information content (AvgIpc) is 3.21. The molecular weight excluding hydrogens is 330 g/mol. The van der Waals surface area contributed by atoms with Gasteiger partial charge >= 0.3 is 0 Å². The van der Waals surface area contributed by atoms with E-state index in [4.69, 9.17) is 0 Å². The van der Waals surface area contributed by atoms with Crippen LogP contribution in [0.1, 0.15) is 73.5 Å². The first kappa shape index (κ1) is 18.6. The van der Waals surface area contributed by atoms with Gasteiger partial charge in [0.05, 0.1) is 6.04 Å². The molecule has 3 rings (SSSR count). The zero-order valence-electron chi connectivity index (χ0n) is 16.1. The lowest BCUT2D eigenvalue weighted by molar-refractivity contribution is 0.101. The van der Waals surface area contributed by atoms with Crippen LogP contribution in [0.3, 0.4) is 0 Å². The van der Waals surface area contributed by atoms with Crippen molar-refractivity contribution in [1.29, 1.82) is 0 Å². The highest BCUT2D eigenvalue weighted by molar-refractivity contribution is 6.01. The van der Waals surface area contributed by atoms with Gasteiger partial charge in [0.1, 0.15) is 0 Å². The number of piperidine rings is 1. The molecule has 0 aliphatic carbocycles. The molecule has 8 heteroatoms. The van der Waals surface area contributed by atoms with Gasteiger partial charge in [-0.2, -0.15) is 15.2 Å². The van der Waals surface area contributed by atoms with E-state index in [9.17, 15) is 4.79 Å². The molecule has 2 N–H and O–H groups in total. The van der Waals surface area contributed by atoms with Gasteiger partial charge in [-0.3, -0.25) is 14.8 Å². The summed E-state index contributed by atoms with van der Waals surface area (Å²) in [5.41, 5.74) is 1.41. The van der Waals surface area contributed by atoms with Gasteiger partial charge in [-0.05, 0) is 51.8 Å². The summed E-state index contributed by atoms with van der Waals surface area (Å²) in [6.45, 7) is 8.22. The van der Waals surface area contributed by atoms with Crippen LogP contribution >= 0.6 is 0 Å². The van der Waals surface area contributed by atoms with E-state index in [1.54, 1.807) is 11.7 Å². The summed E-state index contributed by atoms with van der Waals surface area (Å²) >= 11 is 0. The Labute approximate surface area is 154 Å². The maximum absolute atomic E-state index is 12.6. The third-order valence-corrected chi connectivity index (χ3v) is 5.15. The van der Waals surface area contributed by atoms with Crippen LogP contribution in [0.25, 0.3) is 0 Å². The van der Waals surface area contributed by atoms with Crippen LogP contribution in [0.4, 0.5) is 5.95 Å². The summed E-state index contributed by atoms with van der Waals surface area (Å²) < 4.78 is 3.59. The van der Waals surface area contributed by atoms with Gasteiger partial charge < -0.3 is 5.32 Å². The van der Waals surface area contributed by atoms with Crippen molar-refractivity contribution >= 4 is 11.9 Å². The molecule has 0 atom stereocenters. The molecule has 0 bridgehead atoms. The van der Waals surface area contributed by atoms with Gasteiger partial charge in [-0.25, -0.2) is 4.68 Å². The predicted octanol–water partition coefficient (Wildman–Crippen LogP) is 2.40. The summed E-state index contributed by atoms with van der Waals surface area (Å²) in [5, 5.41) is 15.2. The number of amides is 1. The van der Waals surface area contributed by atoms with Crippen LogP contribution < -0.4 is 10.6 Å². The number of hydrogen-bond acceptors (Lipinski definition) is 5. The average molecular weight is 359 g/mol. The number of aromatic nitrogens is 5. The fraction of sp³-hybridized carbons (Fsp3) is 0.667. The van der Waals surface area contributed by atoms with E-state index >= 15 is 0 Å². The fourth-order valence-electron chi connectivity index (χ4n) is 3.53. The first-order valence-corrected chi connectivity index (χ1v) is 9.52. The zero-order valence-corrected chi connectivity index (χ0v) is 16.1. The van der Waals surface area contributed by atoms with Gasteiger partial charge in [0.2, 0.25) is 5.95 Å². The van der Waals surface area contributed by atoms with Crippen LogP contribution in [0, 0.1) is 6.92 Å². The van der Waals surface area contributed by atoms with Crippen LogP contribution in [-0.4, -0.2) is 43.5 Å². The number of rotatable bonds is 6. The van der Waals surface area contributed by atoms with Crippen molar-refractivity contribution < 1.29 is 4.79 Å². The van der Waals surface area contributed by atoms with Crippen molar-refractivity contribution in [3.8, 4) is 0 Å². The molecule has 142 valence electrons. The SMILES string of the molecule is CCC(CC)n1nc(C(=O)Nc2nc(C3CCNCC3)nn2C)cc1C. The molecule has 26 heavy (non-hydrogen) atoms. The molecule has 2 aromatic rings. The Morgan fingerprint density at radius 3 is 2.65 bits per heavy atom. The molecule has 1 saturated heterocycles. The van der Waals surface area contributed by atoms with Gasteiger partial charge in [0.25, 0.3) is 5.91 Å². The second-order valence-electron chi connectivity index (χ2n) is 6.98. The van der Waals surface area contributed by atoms with Crippen LogP contribution in [0.15, 0.2) is 6.07 Å². The van der Waals surface area contributed by atoms with E-state index in [1.807, 2.05) is 17.7 Å². The van der Waals surface area contributed by atoms with Gasteiger partial charge in [0.15, 0.2) is 11.5 Å². The Hall–Kier alpha value is -2.22. The number of anilines is 1. The molecule has 2 aromatic heterocycles. The lowest BCUT2D eigenvalue weighted by atomic mass is 9.98. The lowest BCUT2D eigenvalue weighted by Crippen LogP contribution is -2.27. The third-order valence-electron chi connectivity index (χ3n) is 5.15. The van der Waals surface area contributed by atoms with E-state index < -0.39 is 0 Å². The van der Waals surface area contributed by atoms with Crippen molar-refractivity contribution in [2.24, 2.45) is 7.05 Å². The molecule has 8 nitrogen and oxygen atoms in total. The summed E-state index contributed by atoms with van der Waals surface area (Å²) in [6.07, 6.45) is 4.03. The number of carbonyl (C=O) groups excluding carboxylic acids is 1. The molecule has 0 aromatic carbocycles. The molecule has 1 fully saturated rings. The maximum atomic E-state index is 12.6. The second kappa shape index (κ2) is 7.99. The van der Waals surface area contributed by atoms with Gasteiger partial charge in [-0.1, -0.05) is 13.8 Å². The normalized spacial score (nSPS) is 15.6. The van der Waals surface area contributed by atoms with E-state index in [0.717, 1.165) is 50.3 Å². The Morgan fingerprint density at radius 1 is 1.31 bits per heavy atom. The van der Waals surface area contributed by atoms with Crippen molar-refractivity contribution in [2.45, 2.75) is 58.4 Å². The molecule has 0 unspecified atom stereocenters. The highest BCUT2D eigenvalue weighted by Gasteiger charge is 2.22. The number of carbonyl (C=O) groups is 1. The van der Waals surface area contributed by atoms with Crippen molar-refractivity contribution in [3.63, 3.8) is 0 Å². The summed E-state index contributed by atoms with van der Waals surface area (Å²) in [6, 6.07) is 2.15. The summed E-state index contributed by atoms with van der Waals surface area (Å²) in [7, 11) is 1.81. The zero-order chi connectivity index (χ0) is 18.7. The Kier molecular flexibility index (Phi) is 5.70. The molecule has 1 amide bonds. The molecule has 0 radical (unpaired) electrons. The number of aryl methyl sites for hydroxylation is 2. The van der Waals surface area contributed by atoms with Gasteiger partial charge in [-0.15, -0.1) is 0 Å². The van der Waals surface area contributed by atoms with E-state index in [-0.39, 0.29) is 5.91 Å². The van der Waals surface area contributed by atoms with Crippen molar-refractivity contribution in [3.05, 3.63) is 23.3 Å². The summed E-state index contributed by atoms with van der Waals surface area (Å²) in [5.74, 6) is 1.39. The minimum absolute atomic E-state index is 0.245. The number of hydrogen-bond donors (Lipinski definition) is 2. The molecule has 0 saturated carbocycles. The summed E-state index contributed by atoms with van der Waals surface area (Å²) in [4.78, 5) is 17.2. The molecule has 3 heterocycles. The molecule has 1 aliphatic heterocycles. The quantitative estimate of drug-likeness (QED) is 0.827. The molecular formula is C18H29N7O. The number of nitrogens with one attached hydrogen (secondary N) is 2. The highest BCUT2D eigenvalue weighted by Crippen LogP contribution is 2.23.